The summed E-state index contributed by atoms with van der Waals surface area (Å²) in [6, 6.07) is 7.64. The number of carbonyl (C=O) groups excluding carboxylic acids is 1. The van der Waals surface area contributed by atoms with Gasteiger partial charge in [0.25, 0.3) is 5.92 Å². The van der Waals surface area contributed by atoms with Gasteiger partial charge in [0.15, 0.2) is 0 Å². The smallest absolute Gasteiger partial charge is 0.270 e. The number of halogens is 4. The molecular formula is C19H18BrClF2N2OS. The van der Waals surface area contributed by atoms with Crippen molar-refractivity contribution in [1.29, 1.82) is 0 Å². The van der Waals surface area contributed by atoms with E-state index in [0.29, 0.717) is 16.4 Å². The van der Waals surface area contributed by atoms with Gasteiger partial charge in [-0.25, -0.2) is 8.78 Å². The Kier molecular flexibility index (Phi) is 5.16. The van der Waals surface area contributed by atoms with Crippen LogP contribution in [0.2, 0.25) is 5.02 Å². The fourth-order valence-corrected chi connectivity index (χ4v) is 5.69. The summed E-state index contributed by atoms with van der Waals surface area (Å²) >= 11 is 11.3. The zero-order chi connectivity index (χ0) is 20.1. The van der Waals surface area contributed by atoms with Crippen molar-refractivity contribution >= 4 is 44.8 Å². The normalized spacial score (nSPS) is 23.5. The number of hydrogen-bond acceptors (Lipinski definition) is 3. The van der Waals surface area contributed by atoms with Gasteiger partial charge in [-0.2, -0.15) is 0 Å². The van der Waals surface area contributed by atoms with Crippen LogP contribution in [0.3, 0.4) is 0 Å². The fraction of sp³-hybridized carbons (Fsp3) is 0.316. The summed E-state index contributed by atoms with van der Waals surface area (Å²) in [7, 11) is 1.60. The van der Waals surface area contributed by atoms with Crippen molar-refractivity contribution in [3.05, 3.63) is 67.0 Å². The molecule has 8 heteroatoms. The molecule has 2 unspecified atom stereocenters. The third-order valence-electron chi connectivity index (χ3n) is 4.91. The molecule has 27 heavy (non-hydrogen) atoms. The number of rotatable bonds is 3. The molecule has 2 aromatic rings. The molecule has 0 fully saturated rings. The highest BCUT2D eigenvalue weighted by Gasteiger charge is 2.47. The Balaban J connectivity index is 2.18. The van der Waals surface area contributed by atoms with Crippen LogP contribution in [0.5, 0.6) is 0 Å². The van der Waals surface area contributed by atoms with Crippen molar-refractivity contribution in [1.82, 2.24) is 4.90 Å². The minimum absolute atomic E-state index is 0.100. The Bertz CT molecular complexity index is 923. The number of hydrogen-bond donors (Lipinski definition) is 1. The highest BCUT2D eigenvalue weighted by Crippen LogP contribution is 2.50. The topological polar surface area (TPSA) is 46.3 Å². The van der Waals surface area contributed by atoms with Crippen molar-refractivity contribution in [2.24, 2.45) is 5.73 Å². The number of carbonyl (C=O) groups is 1. The third kappa shape index (κ3) is 3.52. The van der Waals surface area contributed by atoms with Crippen LogP contribution >= 0.6 is 38.9 Å². The molecule has 2 N–H and O–H groups in total. The van der Waals surface area contributed by atoms with E-state index in [-0.39, 0.29) is 11.5 Å². The van der Waals surface area contributed by atoms with Gasteiger partial charge in [0.2, 0.25) is 5.91 Å². The van der Waals surface area contributed by atoms with E-state index in [1.807, 2.05) is 13.0 Å². The van der Waals surface area contributed by atoms with Crippen molar-refractivity contribution in [3.8, 4) is 0 Å². The summed E-state index contributed by atoms with van der Waals surface area (Å²) in [5.41, 5.74) is 5.80. The molecule has 1 aliphatic rings. The summed E-state index contributed by atoms with van der Waals surface area (Å²) in [6.07, 6.45) is 1.81. The van der Waals surface area contributed by atoms with E-state index in [4.69, 9.17) is 17.3 Å². The Morgan fingerprint density at radius 2 is 1.93 bits per heavy atom. The van der Waals surface area contributed by atoms with E-state index in [2.05, 4.69) is 15.9 Å². The molecule has 2 atom stereocenters. The molecule has 0 spiro atoms. The second-order valence-corrected chi connectivity index (χ2v) is 9.76. The second-order valence-electron chi connectivity index (χ2n) is 6.92. The number of amides is 1. The molecule has 0 saturated carbocycles. The first-order valence-corrected chi connectivity index (χ1v) is 10.1. The Morgan fingerprint density at radius 1 is 1.33 bits per heavy atom. The number of nitrogens with two attached hydrogens (primary N) is 1. The van der Waals surface area contributed by atoms with Crippen molar-refractivity contribution in [2.75, 3.05) is 7.05 Å². The van der Waals surface area contributed by atoms with Gasteiger partial charge in [-0.15, -0.1) is 11.3 Å². The van der Waals surface area contributed by atoms with Gasteiger partial charge in [0, 0.05) is 29.8 Å². The number of thiophene rings is 1. The quantitative estimate of drug-likeness (QED) is 0.629. The highest BCUT2D eigenvalue weighted by atomic mass is 79.9. The van der Waals surface area contributed by atoms with Gasteiger partial charge < -0.3 is 10.6 Å². The molecule has 3 nitrogen and oxygen atoms in total. The van der Waals surface area contributed by atoms with Crippen LogP contribution in [-0.4, -0.2) is 17.9 Å². The fourth-order valence-electron chi connectivity index (χ4n) is 3.43. The molecule has 1 aromatic carbocycles. The van der Waals surface area contributed by atoms with E-state index < -0.39 is 17.3 Å². The lowest BCUT2D eigenvalue weighted by Gasteiger charge is -2.41. The second kappa shape index (κ2) is 6.87. The van der Waals surface area contributed by atoms with Gasteiger partial charge in [-0.1, -0.05) is 35.9 Å². The molecule has 144 valence electrons. The maximum Gasteiger partial charge on any atom is 0.270 e. The molecule has 1 aromatic heterocycles. The van der Waals surface area contributed by atoms with E-state index in [0.717, 1.165) is 15.6 Å². The lowest BCUT2D eigenvalue weighted by Crippen LogP contribution is -2.47. The monoisotopic (exact) mass is 474 g/mol. The SMILES string of the molecule is CN1C(=O)C(c2ccc(C(C)(F)F)cc2)C(C)(c2sc(Br)cc2Cl)C=C1N. The van der Waals surface area contributed by atoms with Crippen LogP contribution in [0.15, 0.2) is 46.0 Å². The molecule has 0 bridgehead atoms. The largest absolute Gasteiger partial charge is 0.385 e. The molecule has 0 saturated heterocycles. The van der Waals surface area contributed by atoms with E-state index >= 15 is 0 Å². The minimum atomic E-state index is -2.94. The first kappa shape index (κ1) is 20.3. The lowest BCUT2D eigenvalue weighted by atomic mass is 9.69. The minimum Gasteiger partial charge on any atom is -0.385 e. The number of nitrogens with zero attached hydrogens (tertiary/aromatic N) is 1. The van der Waals surface area contributed by atoms with Gasteiger partial charge in [0.1, 0.15) is 5.82 Å². The van der Waals surface area contributed by atoms with E-state index in [9.17, 15) is 13.6 Å². The van der Waals surface area contributed by atoms with Crippen molar-refractivity contribution in [2.45, 2.75) is 31.1 Å². The van der Waals surface area contributed by atoms with Crippen LogP contribution in [0, 0.1) is 0 Å². The van der Waals surface area contributed by atoms with Crippen LogP contribution in [0.25, 0.3) is 0 Å². The zero-order valence-electron chi connectivity index (χ0n) is 14.9. The maximum atomic E-state index is 13.6. The first-order valence-electron chi connectivity index (χ1n) is 8.14. The zero-order valence-corrected chi connectivity index (χ0v) is 18.1. The lowest BCUT2D eigenvalue weighted by molar-refractivity contribution is -0.132. The molecule has 0 radical (unpaired) electrons. The van der Waals surface area contributed by atoms with Crippen LogP contribution < -0.4 is 5.73 Å². The van der Waals surface area contributed by atoms with Crippen LogP contribution in [0.4, 0.5) is 8.78 Å². The van der Waals surface area contributed by atoms with Gasteiger partial charge in [-0.05, 0) is 40.6 Å². The predicted octanol–water partition coefficient (Wildman–Crippen LogP) is 5.59. The Labute approximate surface area is 173 Å². The van der Waals surface area contributed by atoms with E-state index in [1.165, 1.54) is 28.4 Å². The summed E-state index contributed by atoms with van der Waals surface area (Å²) in [5.74, 6) is -3.47. The molecule has 3 rings (SSSR count). The Hall–Kier alpha value is -1.44. The number of allylic oxidation sites excluding steroid dienone is 1. The average molecular weight is 476 g/mol. The molecule has 2 heterocycles. The molecule has 1 amide bonds. The maximum absolute atomic E-state index is 13.6. The van der Waals surface area contributed by atoms with Crippen LogP contribution in [-0.2, 0) is 16.1 Å². The number of benzene rings is 1. The van der Waals surface area contributed by atoms with Gasteiger partial charge in [-0.3, -0.25) is 4.79 Å². The molecular weight excluding hydrogens is 458 g/mol. The van der Waals surface area contributed by atoms with Crippen molar-refractivity contribution < 1.29 is 13.6 Å². The molecule has 0 aliphatic carbocycles. The van der Waals surface area contributed by atoms with Gasteiger partial charge in [0.05, 0.1) is 14.7 Å². The average Bonchev–Trinajstić information content (AvgIpc) is 2.92. The number of alkyl halides is 2. The number of likely N-dealkylation sites (N-methyl/N-ethyl adjacent to an activating group) is 1. The molecule has 1 aliphatic heterocycles. The summed E-state index contributed by atoms with van der Waals surface area (Å²) in [5, 5.41) is 0.525. The standard InChI is InChI=1S/C19H18BrClF2N2OS/c1-18(16-12(21)8-13(20)27-16)9-14(24)25(3)17(26)15(18)10-4-6-11(7-5-10)19(2,22)23/h4-9,15H,24H2,1-3H3. The van der Waals surface area contributed by atoms with Gasteiger partial charge >= 0.3 is 0 Å². The highest BCUT2D eigenvalue weighted by molar-refractivity contribution is 9.11. The Morgan fingerprint density at radius 3 is 2.41 bits per heavy atom. The van der Waals surface area contributed by atoms with Crippen LogP contribution in [0.1, 0.15) is 35.8 Å². The summed E-state index contributed by atoms with van der Waals surface area (Å²) in [6.45, 7) is 2.74. The summed E-state index contributed by atoms with van der Waals surface area (Å²) < 4.78 is 28.0. The van der Waals surface area contributed by atoms with E-state index in [1.54, 1.807) is 25.2 Å². The van der Waals surface area contributed by atoms with Crippen molar-refractivity contribution in [3.63, 3.8) is 0 Å². The first-order chi connectivity index (χ1) is 12.4. The summed E-state index contributed by atoms with van der Waals surface area (Å²) in [4.78, 5) is 15.3. The predicted molar refractivity (Wildman–Crippen MR) is 108 cm³/mol. The third-order valence-corrected chi connectivity index (χ3v) is 7.21.